The minimum Gasteiger partial charge on any atom is -0.493 e. The first-order chi connectivity index (χ1) is 10.3. The van der Waals surface area contributed by atoms with E-state index in [9.17, 15) is 9.90 Å². The molecule has 1 heterocycles. The van der Waals surface area contributed by atoms with Gasteiger partial charge in [-0.3, -0.25) is 4.79 Å². The summed E-state index contributed by atoms with van der Waals surface area (Å²) in [5.41, 5.74) is 1.55. The summed E-state index contributed by atoms with van der Waals surface area (Å²) in [6.07, 6.45) is -0.453. The van der Waals surface area contributed by atoms with Crippen LogP contribution in [0.5, 0.6) is 5.75 Å². The maximum Gasteiger partial charge on any atom is 0.253 e. The molecule has 0 radical (unpaired) electrons. The van der Waals surface area contributed by atoms with Crippen LogP contribution in [0, 0.1) is 0 Å². The van der Waals surface area contributed by atoms with Crippen molar-refractivity contribution >= 4 is 5.91 Å². The van der Waals surface area contributed by atoms with Crippen LogP contribution in [0.1, 0.15) is 29.7 Å². The number of fused-ring (bicyclic) bond motifs is 1. The standard InChI is InChI=1S/C17H17NO3/c19-16(12-6-2-1-3-7-12)17(20)18-14-10-11-21-15-9-5-4-8-13(14)15/h1-9,14,16,19H,10-11H2,(H,18,20). The van der Waals surface area contributed by atoms with E-state index in [2.05, 4.69) is 5.32 Å². The molecule has 0 fully saturated rings. The van der Waals surface area contributed by atoms with Gasteiger partial charge in [-0.25, -0.2) is 0 Å². The number of nitrogens with one attached hydrogen (secondary N) is 1. The van der Waals surface area contributed by atoms with Crippen LogP contribution < -0.4 is 10.1 Å². The molecule has 4 heteroatoms. The molecule has 0 aliphatic carbocycles. The Morgan fingerprint density at radius 2 is 1.86 bits per heavy atom. The van der Waals surface area contributed by atoms with Crippen LogP contribution >= 0.6 is 0 Å². The topological polar surface area (TPSA) is 58.6 Å². The summed E-state index contributed by atoms with van der Waals surface area (Å²) in [6.45, 7) is 0.559. The second kappa shape index (κ2) is 5.97. The average Bonchev–Trinajstić information content (AvgIpc) is 2.55. The highest BCUT2D eigenvalue weighted by atomic mass is 16.5. The zero-order valence-electron chi connectivity index (χ0n) is 11.5. The molecule has 4 nitrogen and oxygen atoms in total. The van der Waals surface area contributed by atoms with Gasteiger partial charge in [0.05, 0.1) is 12.6 Å². The van der Waals surface area contributed by atoms with Crippen molar-refractivity contribution in [3.63, 3.8) is 0 Å². The monoisotopic (exact) mass is 283 g/mol. The molecule has 21 heavy (non-hydrogen) atoms. The van der Waals surface area contributed by atoms with Gasteiger partial charge in [-0.05, 0) is 11.6 Å². The number of para-hydroxylation sites is 1. The largest absolute Gasteiger partial charge is 0.493 e. The quantitative estimate of drug-likeness (QED) is 0.909. The van der Waals surface area contributed by atoms with Crippen molar-refractivity contribution in [2.24, 2.45) is 0 Å². The molecule has 0 saturated carbocycles. The van der Waals surface area contributed by atoms with E-state index in [1.807, 2.05) is 30.3 Å². The van der Waals surface area contributed by atoms with E-state index < -0.39 is 6.10 Å². The van der Waals surface area contributed by atoms with Gasteiger partial charge in [0.25, 0.3) is 5.91 Å². The Hall–Kier alpha value is -2.33. The molecule has 0 bridgehead atoms. The smallest absolute Gasteiger partial charge is 0.253 e. The van der Waals surface area contributed by atoms with E-state index in [0.29, 0.717) is 18.6 Å². The fraction of sp³-hybridized carbons (Fsp3) is 0.235. The normalized spacial score (nSPS) is 18.2. The lowest BCUT2D eigenvalue weighted by Gasteiger charge is -2.27. The molecule has 1 aliphatic rings. The van der Waals surface area contributed by atoms with Gasteiger partial charge >= 0.3 is 0 Å². The molecule has 2 unspecified atom stereocenters. The van der Waals surface area contributed by atoms with Crippen molar-refractivity contribution in [1.29, 1.82) is 0 Å². The summed E-state index contributed by atoms with van der Waals surface area (Å²) in [5.74, 6) is 0.408. The first-order valence-corrected chi connectivity index (χ1v) is 7.01. The van der Waals surface area contributed by atoms with E-state index in [-0.39, 0.29) is 11.9 Å². The number of hydrogen-bond acceptors (Lipinski definition) is 3. The third kappa shape index (κ3) is 2.90. The Labute approximate surface area is 123 Å². The van der Waals surface area contributed by atoms with Gasteiger partial charge in [0, 0.05) is 12.0 Å². The predicted octanol–water partition coefficient (Wildman–Crippen LogP) is 2.36. The van der Waals surface area contributed by atoms with Gasteiger partial charge in [-0.1, -0.05) is 48.5 Å². The van der Waals surface area contributed by atoms with Crippen LogP contribution in [0.25, 0.3) is 0 Å². The number of hydrogen-bond donors (Lipinski definition) is 2. The van der Waals surface area contributed by atoms with E-state index in [4.69, 9.17) is 4.74 Å². The summed E-state index contributed by atoms with van der Waals surface area (Å²) in [4.78, 5) is 12.2. The SMILES string of the molecule is O=C(NC1CCOc2ccccc21)C(O)c1ccccc1. The lowest BCUT2D eigenvalue weighted by Crippen LogP contribution is -2.35. The third-order valence-corrected chi connectivity index (χ3v) is 3.64. The first-order valence-electron chi connectivity index (χ1n) is 7.01. The maximum absolute atomic E-state index is 12.2. The Morgan fingerprint density at radius 3 is 2.67 bits per heavy atom. The molecule has 0 spiro atoms. The molecule has 1 amide bonds. The molecule has 2 aromatic carbocycles. The first kappa shape index (κ1) is 13.6. The van der Waals surface area contributed by atoms with Crippen molar-refractivity contribution in [1.82, 2.24) is 5.32 Å². The molecule has 3 rings (SSSR count). The van der Waals surface area contributed by atoms with E-state index in [0.717, 1.165) is 11.3 Å². The Bertz CT molecular complexity index is 627. The minimum atomic E-state index is -1.15. The maximum atomic E-state index is 12.2. The van der Waals surface area contributed by atoms with Crippen LogP contribution in [0.4, 0.5) is 0 Å². The number of aliphatic hydroxyl groups is 1. The second-order valence-corrected chi connectivity index (χ2v) is 5.05. The second-order valence-electron chi connectivity index (χ2n) is 5.05. The average molecular weight is 283 g/mol. The summed E-state index contributed by atoms with van der Waals surface area (Å²) in [6, 6.07) is 16.5. The summed E-state index contributed by atoms with van der Waals surface area (Å²) >= 11 is 0. The number of benzene rings is 2. The number of ether oxygens (including phenoxy) is 1. The molecule has 2 N–H and O–H groups in total. The number of amides is 1. The van der Waals surface area contributed by atoms with Crippen LogP contribution in [-0.4, -0.2) is 17.6 Å². The van der Waals surface area contributed by atoms with Gasteiger partial charge < -0.3 is 15.2 Å². The molecule has 0 saturated heterocycles. The fourth-order valence-corrected chi connectivity index (χ4v) is 2.53. The van der Waals surface area contributed by atoms with Crippen LogP contribution in [0.15, 0.2) is 54.6 Å². The molecule has 2 atom stereocenters. The zero-order valence-corrected chi connectivity index (χ0v) is 11.5. The highest BCUT2D eigenvalue weighted by Crippen LogP contribution is 2.31. The molecule has 2 aromatic rings. The predicted molar refractivity (Wildman–Crippen MR) is 78.8 cm³/mol. The van der Waals surface area contributed by atoms with Crippen molar-refractivity contribution in [3.8, 4) is 5.75 Å². The van der Waals surface area contributed by atoms with Crippen LogP contribution in [-0.2, 0) is 4.79 Å². The van der Waals surface area contributed by atoms with Crippen molar-refractivity contribution < 1.29 is 14.6 Å². The molecule has 0 aromatic heterocycles. The number of aliphatic hydroxyl groups excluding tert-OH is 1. The molecular weight excluding hydrogens is 266 g/mol. The van der Waals surface area contributed by atoms with E-state index in [1.165, 1.54) is 0 Å². The third-order valence-electron chi connectivity index (χ3n) is 3.64. The van der Waals surface area contributed by atoms with Gasteiger partial charge in [0.15, 0.2) is 6.10 Å². The highest BCUT2D eigenvalue weighted by molar-refractivity contribution is 5.82. The fourth-order valence-electron chi connectivity index (χ4n) is 2.53. The van der Waals surface area contributed by atoms with Gasteiger partial charge in [-0.15, -0.1) is 0 Å². The Kier molecular flexibility index (Phi) is 3.88. The Balaban J connectivity index is 1.74. The Morgan fingerprint density at radius 1 is 1.14 bits per heavy atom. The summed E-state index contributed by atoms with van der Waals surface area (Å²) < 4.78 is 5.57. The van der Waals surface area contributed by atoms with Crippen molar-refractivity contribution in [2.45, 2.75) is 18.6 Å². The van der Waals surface area contributed by atoms with Gasteiger partial charge in [0.2, 0.25) is 0 Å². The summed E-state index contributed by atoms with van der Waals surface area (Å²) in [5, 5.41) is 13.0. The lowest BCUT2D eigenvalue weighted by molar-refractivity contribution is -0.130. The lowest BCUT2D eigenvalue weighted by atomic mass is 10.00. The van der Waals surface area contributed by atoms with Gasteiger partial charge in [0.1, 0.15) is 5.75 Å². The van der Waals surface area contributed by atoms with E-state index in [1.54, 1.807) is 24.3 Å². The van der Waals surface area contributed by atoms with Crippen LogP contribution in [0.2, 0.25) is 0 Å². The van der Waals surface area contributed by atoms with E-state index >= 15 is 0 Å². The summed E-state index contributed by atoms with van der Waals surface area (Å²) in [7, 11) is 0. The molecule has 1 aliphatic heterocycles. The van der Waals surface area contributed by atoms with Crippen molar-refractivity contribution in [3.05, 3.63) is 65.7 Å². The van der Waals surface area contributed by atoms with Crippen molar-refractivity contribution in [2.75, 3.05) is 6.61 Å². The molecular formula is C17H17NO3. The zero-order chi connectivity index (χ0) is 14.7. The molecule has 108 valence electrons. The minimum absolute atomic E-state index is 0.124. The van der Waals surface area contributed by atoms with Crippen LogP contribution in [0.3, 0.4) is 0 Å². The number of carbonyl (C=O) groups excluding carboxylic acids is 1. The number of carbonyl (C=O) groups is 1. The van der Waals surface area contributed by atoms with Gasteiger partial charge in [-0.2, -0.15) is 0 Å². The number of rotatable bonds is 3. The highest BCUT2D eigenvalue weighted by Gasteiger charge is 2.25.